The molecule has 0 bridgehead atoms. The van der Waals surface area contributed by atoms with Crippen LogP contribution in [0.1, 0.15) is 79.6 Å². The molecule has 1 unspecified atom stereocenters. The van der Waals surface area contributed by atoms with Gasteiger partial charge in [0.2, 0.25) is 0 Å². The van der Waals surface area contributed by atoms with Crippen LogP contribution in [0, 0.1) is 22.7 Å². The summed E-state index contributed by atoms with van der Waals surface area (Å²) < 4.78 is 6.89. The first-order chi connectivity index (χ1) is 9.69. The molecule has 1 heterocycles. The van der Waals surface area contributed by atoms with E-state index in [0.29, 0.717) is 16.7 Å². The molecule has 3 aliphatic rings. The van der Waals surface area contributed by atoms with E-state index < -0.39 is 0 Å². The van der Waals surface area contributed by atoms with Crippen LogP contribution in [0.5, 0.6) is 0 Å². The summed E-state index contributed by atoms with van der Waals surface area (Å²) in [5.74, 6) is 1.48. The molecule has 120 valence electrons. The summed E-state index contributed by atoms with van der Waals surface area (Å²) in [7, 11) is 0. The highest BCUT2D eigenvalue weighted by atomic mass is 16.5. The van der Waals surface area contributed by atoms with Crippen LogP contribution in [-0.4, -0.2) is 11.2 Å². The van der Waals surface area contributed by atoms with Gasteiger partial charge in [-0.15, -0.1) is 6.58 Å². The molecular formula is C20H34O. The summed E-state index contributed by atoms with van der Waals surface area (Å²) in [5.41, 5.74) is 0.779. The molecule has 21 heavy (non-hydrogen) atoms. The standard InChI is InChI=1S/C20H34O/c1-7-18(5)13-14-20(21-18)15(2)9-10-16-17(3,4)11-8-12-19(16,20)6/h7,15-16H,1,8-14H2,2-6H3/t15-,16+,18?,19+,20-/m1/s1. The van der Waals surface area contributed by atoms with Crippen LogP contribution < -0.4 is 0 Å². The van der Waals surface area contributed by atoms with Gasteiger partial charge in [-0.1, -0.05) is 40.2 Å². The highest BCUT2D eigenvalue weighted by molar-refractivity contribution is 5.17. The normalized spacial score (nSPS) is 52.6. The first-order valence-corrected chi connectivity index (χ1v) is 9.03. The molecule has 2 saturated carbocycles. The number of rotatable bonds is 1. The van der Waals surface area contributed by atoms with Crippen LogP contribution in [0.25, 0.3) is 0 Å². The minimum Gasteiger partial charge on any atom is -0.364 e. The van der Waals surface area contributed by atoms with Gasteiger partial charge < -0.3 is 4.74 Å². The Bertz CT molecular complexity index is 439. The minimum atomic E-state index is -0.110. The van der Waals surface area contributed by atoms with Crippen molar-refractivity contribution in [1.82, 2.24) is 0 Å². The van der Waals surface area contributed by atoms with Crippen LogP contribution in [0.3, 0.4) is 0 Å². The Balaban J connectivity index is 2.04. The van der Waals surface area contributed by atoms with Crippen LogP contribution in [0.4, 0.5) is 0 Å². The molecule has 1 heteroatoms. The molecule has 3 rings (SSSR count). The second-order valence-electron chi connectivity index (χ2n) is 9.30. The second kappa shape index (κ2) is 4.60. The number of fused-ring (bicyclic) bond motifs is 2. The second-order valence-corrected chi connectivity index (χ2v) is 9.30. The zero-order valence-electron chi connectivity index (χ0n) is 14.8. The highest BCUT2D eigenvalue weighted by Gasteiger charge is 2.65. The fourth-order valence-corrected chi connectivity index (χ4v) is 6.40. The maximum Gasteiger partial charge on any atom is 0.0840 e. The molecule has 1 spiro atoms. The molecular weight excluding hydrogens is 256 g/mol. The lowest BCUT2D eigenvalue weighted by Gasteiger charge is -2.63. The van der Waals surface area contributed by atoms with Gasteiger partial charge in [-0.3, -0.25) is 0 Å². The molecule has 0 aromatic carbocycles. The average Bonchev–Trinajstić information content (AvgIpc) is 2.76. The van der Waals surface area contributed by atoms with Gasteiger partial charge in [0.1, 0.15) is 0 Å². The monoisotopic (exact) mass is 290 g/mol. The lowest BCUT2D eigenvalue weighted by Crippen LogP contribution is -2.62. The highest BCUT2D eigenvalue weighted by Crippen LogP contribution is 2.67. The van der Waals surface area contributed by atoms with Gasteiger partial charge in [0, 0.05) is 5.41 Å². The van der Waals surface area contributed by atoms with Crippen LogP contribution in [0.2, 0.25) is 0 Å². The van der Waals surface area contributed by atoms with Crippen molar-refractivity contribution in [3.8, 4) is 0 Å². The van der Waals surface area contributed by atoms with E-state index in [1.54, 1.807) is 0 Å². The maximum atomic E-state index is 6.89. The number of ether oxygens (including phenoxy) is 1. The lowest BCUT2D eigenvalue weighted by molar-refractivity contribution is -0.236. The third-order valence-corrected chi connectivity index (χ3v) is 7.72. The topological polar surface area (TPSA) is 9.23 Å². The fraction of sp³-hybridized carbons (Fsp3) is 0.900. The average molecular weight is 290 g/mol. The first kappa shape index (κ1) is 15.6. The fourth-order valence-electron chi connectivity index (χ4n) is 6.40. The van der Waals surface area contributed by atoms with Gasteiger partial charge in [-0.2, -0.15) is 0 Å². The predicted octanol–water partition coefficient (Wildman–Crippen LogP) is 5.74. The summed E-state index contributed by atoms with van der Waals surface area (Å²) in [6.07, 6.45) is 11.2. The molecule has 1 saturated heterocycles. The van der Waals surface area contributed by atoms with Gasteiger partial charge in [0.15, 0.2) is 0 Å². The van der Waals surface area contributed by atoms with E-state index in [4.69, 9.17) is 4.74 Å². The molecule has 0 aromatic heterocycles. The largest absolute Gasteiger partial charge is 0.364 e. The Morgan fingerprint density at radius 1 is 1.00 bits per heavy atom. The van der Waals surface area contributed by atoms with E-state index in [9.17, 15) is 0 Å². The van der Waals surface area contributed by atoms with E-state index in [1.807, 2.05) is 0 Å². The Labute approximate surface area is 131 Å². The van der Waals surface area contributed by atoms with Crippen molar-refractivity contribution in [1.29, 1.82) is 0 Å². The Kier molecular flexibility index (Phi) is 3.41. The molecule has 1 nitrogen and oxygen atoms in total. The number of hydrogen-bond donors (Lipinski definition) is 0. The van der Waals surface area contributed by atoms with E-state index >= 15 is 0 Å². The van der Waals surface area contributed by atoms with Crippen molar-refractivity contribution in [2.75, 3.05) is 0 Å². The lowest BCUT2D eigenvalue weighted by atomic mass is 9.44. The van der Waals surface area contributed by atoms with Gasteiger partial charge >= 0.3 is 0 Å². The maximum absolute atomic E-state index is 6.89. The molecule has 5 atom stereocenters. The van der Waals surface area contributed by atoms with Crippen LogP contribution in [-0.2, 0) is 4.74 Å². The summed E-state index contributed by atoms with van der Waals surface area (Å²) in [6.45, 7) is 16.3. The van der Waals surface area contributed by atoms with Crippen molar-refractivity contribution < 1.29 is 4.74 Å². The molecule has 2 aliphatic carbocycles. The molecule has 0 N–H and O–H groups in total. The number of hydrogen-bond acceptors (Lipinski definition) is 1. The van der Waals surface area contributed by atoms with Crippen molar-refractivity contribution in [2.24, 2.45) is 22.7 Å². The van der Waals surface area contributed by atoms with Crippen molar-refractivity contribution in [3.05, 3.63) is 12.7 Å². The van der Waals surface area contributed by atoms with E-state index in [1.165, 1.54) is 38.5 Å². The Morgan fingerprint density at radius 3 is 2.33 bits per heavy atom. The molecule has 1 aliphatic heterocycles. The van der Waals surface area contributed by atoms with Crippen LogP contribution >= 0.6 is 0 Å². The Morgan fingerprint density at radius 2 is 1.71 bits per heavy atom. The van der Waals surface area contributed by atoms with Gasteiger partial charge in [-0.05, 0) is 62.7 Å². The predicted molar refractivity (Wildman–Crippen MR) is 89.3 cm³/mol. The minimum absolute atomic E-state index is 0.0799. The zero-order valence-corrected chi connectivity index (χ0v) is 14.8. The quantitative estimate of drug-likeness (QED) is 0.559. The summed E-state index contributed by atoms with van der Waals surface area (Å²) >= 11 is 0. The van der Waals surface area contributed by atoms with E-state index in [0.717, 1.165) is 12.3 Å². The van der Waals surface area contributed by atoms with Crippen molar-refractivity contribution in [2.45, 2.75) is 90.8 Å². The SMILES string of the molecule is C=CC1(C)CC[C@@]2(O1)[C@H](C)CC[C@H]1C(C)(C)CCC[C@@]12C. The summed E-state index contributed by atoms with van der Waals surface area (Å²) in [6, 6.07) is 0. The summed E-state index contributed by atoms with van der Waals surface area (Å²) in [4.78, 5) is 0. The van der Waals surface area contributed by atoms with Gasteiger partial charge in [-0.25, -0.2) is 0 Å². The summed E-state index contributed by atoms with van der Waals surface area (Å²) in [5, 5.41) is 0. The van der Waals surface area contributed by atoms with Gasteiger partial charge in [0.05, 0.1) is 11.2 Å². The van der Waals surface area contributed by atoms with E-state index in [-0.39, 0.29) is 11.2 Å². The third-order valence-electron chi connectivity index (χ3n) is 7.72. The zero-order chi connectivity index (χ0) is 15.5. The smallest absolute Gasteiger partial charge is 0.0840 e. The molecule has 0 amide bonds. The molecule has 0 aromatic rings. The Hall–Kier alpha value is -0.300. The third kappa shape index (κ3) is 1.99. The van der Waals surface area contributed by atoms with Gasteiger partial charge in [0.25, 0.3) is 0 Å². The van der Waals surface area contributed by atoms with Crippen molar-refractivity contribution >= 4 is 0 Å². The van der Waals surface area contributed by atoms with Crippen LogP contribution in [0.15, 0.2) is 12.7 Å². The molecule has 0 radical (unpaired) electrons. The van der Waals surface area contributed by atoms with Crippen molar-refractivity contribution in [3.63, 3.8) is 0 Å². The van der Waals surface area contributed by atoms with E-state index in [2.05, 4.69) is 47.3 Å². The first-order valence-electron chi connectivity index (χ1n) is 9.03. The molecule has 3 fully saturated rings.